The van der Waals surface area contributed by atoms with Crippen LogP contribution in [0.1, 0.15) is 46.5 Å². The number of hydrogen-bond donors (Lipinski definition) is 3. The van der Waals surface area contributed by atoms with Gasteiger partial charge in [0.05, 0.1) is 5.60 Å². The van der Waals surface area contributed by atoms with Crippen LogP contribution in [0.5, 0.6) is 0 Å². The molecule has 0 heterocycles. The highest BCUT2D eigenvalue weighted by atomic mass is 16.4. The van der Waals surface area contributed by atoms with Crippen LogP contribution in [0.15, 0.2) is 0 Å². The average Bonchev–Trinajstić information content (AvgIpc) is 2.01. The van der Waals surface area contributed by atoms with E-state index in [-0.39, 0.29) is 12.8 Å². The fourth-order valence-electron chi connectivity index (χ4n) is 1.25. The smallest absolute Gasteiger partial charge is 0.335 e. The van der Waals surface area contributed by atoms with E-state index in [1.54, 1.807) is 20.8 Å². The highest BCUT2D eigenvalue weighted by molar-refractivity contribution is 5.76. The van der Waals surface area contributed by atoms with Crippen molar-refractivity contribution in [2.45, 2.75) is 57.7 Å². The second-order valence-electron chi connectivity index (χ2n) is 4.36. The van der Waals surface area contributed by atoms with Crippen molar-refractivity contribution in [2.75, 3.05) is 0 Å². The number of hydrogen-bond acceptors (Lipinski definition) is 3. The number of carboxylic acid groups (broad SMARTS) is 1. The van der Waals surface area contributed by atoms with Crippen LogP contribution < -0.4 is 0 Å². The van der Waals surface area contributed by atoms with Crippen LogP contribution in [0, 0.1) is 0 Å². The minimum atomic E-state index is -1.63. The van der Waals surface area contributed by atoms with E-state index in [2.05, 4.69) is 0 Å². The van der Waals surface area contributed by atoms with Gasteiger partial charge in [0.15, 0.2) is 5.60 Å². The molecule has 1 atom stereocenters. The normalized spacial score (nSPS) is 16.4. The number of rotatable bonds is 6. The van der Waals surface area contributed by atoms with Gasteiger partial charge in [0, 0.05) is 0 Å². The molecule has 0 aliphatic heterocycles. The van der Waals surface area contributed by atoms with Gasteiger partial charge in [-0.3, -0.25) is 0 Å². The standard InChI is InChI=1S/C10H20O4/c1-4-10(14,8(11)12)7-5-6-9(2,3)13/h13-14H,4-7H2,1-3H3,(H,11,12)/t10-/m0/s1. The summed E-state index contributed by atoms with van der Waals surface area (Å²) in [7, 11) is 0. The van der Waals surface area contributed by atoms with Crippen LogP contribution in [0.3, 0.4) is 0 Å². The largest absolute Gasteiger partial charge is 0.479 e. The number of carbonyl (C=O) groups is 1. The zero-order valence-electron chi connectivity index (χ0n) is 9.08. The summed E-state index contributed by atoms with van der Waals surface area (Å²) >= 11 is 0. The van der Waals surface area contributed by atoms with Crippen molar-refractivity contribution in [3.05, 3.63) is 0 Å². The molecule has 0 aliphatic carbocycles. The second kappa shape index (κ2) is 4.75. The van der Waals surface area contributed by atoms with Crippen LogP contribution in [0.2, 0.25) is 0 Å². The van der Waals surface area contributed by atoms with Gasteiger partial charge in [0.2, 0.25) is 0 Å². The molecule has 84 valence electrons. The summed E-state index contributed by atoms with van der Waals surface area (Å²) in [6.07, 6.45) is 1.36. The summed E-state index contributed by atoms with van der Waals surface area (Å²) in [4.78, 5) is 10.7. The third-order valence-corrected chi connectivity index (χ3v) is 2.36. The van der Waals surface area contributed by atoms with E-state index in [9.17, 15) is 15.0 Å². The predicted molar refractivity (Wildman–Crippen MR) is 53.0 cm³/mol. The number of carboxylic acids is 1. The molecule has 4 nitrogen and oxygen atoms in total. The Balaban J connectivity index is 4.04. The lowest BCUT2D eigenvalue weighted by molar-refractivity contribution is -0.160. The molecule has 0 saturated heterocycles. The Kier molecular flexibility index (Phi) is 4.55. The summed E-state index contributed by atoms with van der Waals surface area (Å²) in [5.74, 6) is -1.18. The van der Waals surface area contributed by atoms with E-state index in [4.69, 9.17) is 5.11 Å². The topological polar surface area (TPSA) is 77.8 Å². The monoisotopic (exact) mass is 204 g/mol. The summed E-state index contributed by atoms with van der Waals surface area (Å²) in [5.41, 5.74) is -2.43. The van der Waals surface area contributed by atoms with Gasteiger partial charge in [-0.1, -0.05) is 6.92 Å². The Hall–Kier alpha value is -0.610. The first-order valence-electron chi connectivity index (χ1n) is 4.89. The van der Waals surface area contributed by atoms with Crippen LogP contribution in [-0.2, 0) is 4.79 Å². The molecule has 0 aromatic rings. The SMILES string of the molecule is CC[C@](O)(CCCC(C)(C)O)C(=O)O. The first-order valence-corrected chi connectivity index (χ1v) is 4.89. The zero-order chi connectivity index (χ0) is 11.4. The predicted octanol–water partition coefficient (Wildman–Crippen LogP) is 1.15. The Morgan fingerprint density at radius 2 is 1.71 bits per heavy atom. The lowest BCUT2D eigenvalue weighted by atomic mass is 9.91. The highest BCUT2D eigenvalue weighted by Crippen LogP contribution is 2.21. The maximum atomic E-state index is 10.7. The molecular weight excluding hydrogens is 184 g/mol. The van der Waals surface area contributed by atoms with E-state index in [0.29, 0.717) is 12.8 Å². The van der Waals surface area contributed by atoms with Gasteiger partial charge in [0.25, 0.3) is 0 Å². The maximum absolute atomic E-state index is 10.7. The third kappa shape index (κ3) is 4.58. The van der Waals surface area contributed by atoms with E-state index < -0.39 is 17.2 Å². The second-order valence-corrected chi connectivity index (χ2v) is 4.36. The molecule has 0 bridgehead atoms. The Morgan fingerprint density at radius 1 is 1.21 bits per heavy atom. The third-order valence-electron chi connectivity index (χ3n) is 2.36. The Bertz CT molecular complexity index is 195. The molecule has 0 aromatic carbocycles. The van der Waals surface area contributed by atoms with E-state index >= 15 is 0 Å². The van der Waals surface area contributed by atoms with Gasteiger partial charge < -0.3 is 15.3 Å². The Morgan fingerprint density at radius 3 is 2.00 bits per heavy atom. The molecule has 0 fully saturated rings. The van der Waals surface area contributed by atoms with E-state index in [1.807, 2.05) is 0 Å². The van der Waals surface area contributed by atoms with Crippen molar-refractivity contribution in [3.8, 4) is 0 Å². The molecule has 0 aliphatic rings. The van der Waals surface area contributed by atoms with Gasteiger partial charge in [-0.15, -0.1) is 0 Å². The molecule has 0 aromatic heterocycles. The van der Waals surface area contributed by atoms with Crippen molar-refractivity contribution in [1.82, 2.24) is 0 Å². The molecule has 0 unspecified atom stereocenters. The fraction of sp³-hybridized carbons (Fsp3) is 0.900. The minimum Gasteiger partial charge on any atom is -0.479 e. The summed E-state index contributed by atoms with van der Waals surface area (Å²) in [5, 5.41) is 27.8. The molecule has 14 heavy (non-hydrogen) atoms. The molecule has 0 rings (SSSR count). The van der Waals surface area contributed by atoms with Gasteiger partial charge in [-0.05, 0) is 39.5 Å². The maximum Gasteiger partial charge on any atom is 0.335 e. The van der Waals surface area contributed by atoms with Gasteiger partial charge >= 0.3 is 5.97 Å². The quantitative estimate of drug-likeness (QED) is 0.606. The highest BCUT2D eigenvalue weighted by Gasteiger charge is 2.33. The zero-order valence-corrected chi connectivity index (χ0v) is 9.08. The lowest BCUT2D eigenvalue weighted by Gasteiger charge is -2.23. The van der Waals surface area contributed by atoms with E-state index in [1.165, 1.54) is 0 Å². The summed E-state index contributed by atoms with van der Waals surface area (Å²) in [6.45, 7) is 4.97. The first-order chi connectivity index (χ1) is 6.21. The van der Waals surface area contributed by atoms with Gasteiger partial charge in [-0.2, -0.15) is 0 Å². The number of aliphatic carboxylic acids is 1. The lowest BCUT2D eigenvalue weighted by Crippen LogP contribution is -2.38. The van der Waals surface area contributed by atoms with E-state index in [0.717, 1.165) is 0 Å². The van der Waals surface area contributed by atoms with Crippen molar-refractivity contribution >= 4 is 5.97 Å². The van der Waals surface area contributed by atoms with Crippen molar-refractivity contribution in [3.63, 3.8) is 0 Å². The molecule has 0 amide bonds. The summed E-state index contributed by atoms with van der Waals surface area (Å²) in [6, 6.07) is 0. The van der Waals surface area contributed by atoms with Crippen LogP contribution in [0.25, 0.3) is 0 Å². The molecule has 3 N–H and O–H groups in total. The fourth-order valence-corrected chi connectivity index (χ4v) is 1.25. The molecule has 0 radical (unpaired) electrons. The molecular formula is C10H20O4. The van der Waals surface area contributed by atoms with Gasteiger partial charge in [-0.25, -0.2) is 4.79 Å². The first kappa shape index (κ1) is 13.4. The molecule has 0 saturated carbocycles. The molecule has 0 spiro atoms. The summed E-state index contributed by atoms with van der Waals surface area (Å²) < 4.78 is 0. The Labute approximate surface area is 84.6 Å². The average molecular weight is 204 g/mol. The van der Waals surface area contributed by atoms with Gasteiger partial charge in [0.1, 0.15) is 0 Å². The van der Waals surface area contributed by atoms with Crippen molar-refractivity contribution < 1.29 is 20.1 Å². The van der Waals surface area contributed by atoms with Crippen molar-refractivity contribution in [1.29, 1.82) is 0 Å². The number of aliphatic hydroxyl groups is 2. The van der Waals surface area contributed by atoms with Crippen LogP contribution in [0.4, 0.5) is 0 Å². The van der Waals surface area contributed by atoms with Crippen molar-refractivity contribution in [2.24, 2.45) is 0 Å². The van der Waals surface area contributed by atoms with Crippen LogP contribution >= 0.6 is 0 Å². The van der Waals surface area contributed by atoms with Crippen LogP contribution in [-0.4, -0.2) is 32.5 Å². The minimum absolute atomic E-state index is 0.183. The molecule has 4 heteroatoms.